The molecule has 0 bridgehead atoms. The fraction of sp³-hybridized carbons (Fsp3) is 0.111. The van der Waals surface area contributed by atoms with Gasteiger partial charge in [-0.1, -0.05) is 131 Å². The molecule has 3 nitrogen and oxygen atoms in total. The molecule has 0 aliphatic heterocycles. The molecule has 2 aromatic heterocycles. The Hall–Kier alpha value is -6.84. The molecule has 0 spiro atoms. The zero-order valence-corrected chi connectivity index (χ0v) is 32.4. The predicted octanol–water partition coefficient (Wildman–Crippen LogP) is 15.2. The van der Waals surface area contributed by atoms with Crippen molar-refractivity contribution in [3.05, 3.63) is 186 Å². The molecule has 2 aliphatic rings. The Morgan fingerprint density at radius 1 is 0.368 bits per heavy atom. The first kappa shape index (κ1) is 32.4. The lowest BCUT2D eigenvalue weighted by Crippen LogP contribution is -2.18. The van der Waals surface area contributed by atoms with E-state index < -0.39 is 0 Å². The van der Waals surface area contributed by atoms with Gasteiger partial charge in [0.05, 0.1) is 11.1 Å². The van der Waals surface area contributed by atoms with E-state index in [-0.39, 0.29) is 10.8 Å². The summed E-state index contributed by atoms with van der Waals surface area (Å²) in [5.41, 5.74) is 19.4. The molecule has 0 saturated heterocycles. The topological polar surface area (TPSA) is 29.5 Å². The summed E-state index contributed by atoms with van der Waals surface area (Å²) in [6, 6.07) is 59.6. The average Bonchev–Trinajstić information content (AvgIpc) is 3.92. The lowest BCUT2D eigenvalue weighted by atomic mass is 9.82. The Labute approximate surface area is 331 Å². The van der Waals surface area contributed by atoms with Crippen LogP contribution in [-0.4, -0.2) is 0 Å². The van der Waals surface area contributed by atoms with Crippen LogP contribution < -0.4 is 4.90 Å². The third kappa shape index (κ3) is 4.48. The van der Waals surface area contributed by atoms with Crippen LogP contribution in [-0.2, 0) is 10.8 Å². The molecule has 0 saturated carbocycles. The van der Waals surface area contributed by atoms with E-state index in [1.807, 2.05) is 0 Å². The number of benzene rings is 8. The Bertz CT molecular complexity index is 3200. The number of hydrogen-bond donors (Lipinski definition) is 0. The van der Waals surface area contributed by atoms with E-state index in [9.17, 15) is 0 Å². The highest BCUT2D eigenvalue weighted by molar-refractivity contribution is 6.19. The van der Waals surface area contributed by atoms with Gasteiger partial charge in [-0.05, 0) is 116 Å². The molecule has 0 radical (unpaired) electrons. The number of rotatable bonds is 4. The Morgan fingerprint density at radius 2 is 0.912 bits per heavy atom. The monoisotopic (exact) mass is 733 g/mol. The smallest absolute Gasteiger partial charge is 0.137 e. The lowest BCUT2D eigenvalue weighted by Gasteiger charge is -2.30. The molecule has 57 heavy (non-hydrogen) atoms. The van der Waals surface area contributed by atoms with Gasteiger partial charge in [0.1, 0.15) is 22.3 Å². The first-order valence-corrected chi connectivity index (χ1v) is 19.9. The summed E-state index contributed by atoms with van der Waals surface area (Å²) < 4.78 is 13.4. The van der Waals surface area contributed by atoms with E-state index in [0.29, 0.717) is 0 Å². The third-order valence-electron chi connectivity index (χ3n) is 13.1. The van der Waals surface area contributed by atoms with Crippen molar-refractivity contribution >= 4 is 60.9 Å². The molecule has 0 amide bonds. The first-order valence-electron chi connectivity index (χ1n) is 19.9. The van der Waals surface area contributed by atoms with E-state index in [1.54, 1.807) is 0 Å². The molecule has 0 unspecified atom stereocenters. The van der Waals surface area contributed by atoms with Crippen molar-refractivity contribution < 1.29 is 8.83 Å². The van der Waals surface area contributed by atoms with Crippen molar-refractivity contribution in [1.82, 2.24) is 0 Å². The Morgan fingerprint density at radius 3 is 1.58 bits per heavy atom. The van der Waals surface area contributed by atoms with Crippen LogP contribution in [0.25, 0.3) is 77.3 Å². The molecule has 2 heterocycles. The van der Waals surface area contributed by atoms with E-state index in [2.05, 4.69) is 196 Å². The maximum absolute atomic E-state index is 6.79. The van der Waals surface area contributed by atoms with Crippen molar-refractivity contribution in [3.8, 4) is 33.4 Å². The molecule has 2 aliphatic carbocycles. The van der Waals surface area contributed by atoms with Crippen LogP contribution in [0.4, 0.5) is 17.1 Å². The van der Waals surface area contributed by atoms with E-state index in [4.69, 9.17) is 8.83 Å². The fourth-order valence-electron chi connectivity index (χ4n) is 10.2. The minimum atomic E-state index is -0.142. The highest BCUT2D eigenvalue weighted by Gasteiger charge is 2.38. The minimum absolute atomic E-state index is 0.142. The molecule has 0 atom stereocenters. The summed E-state index contributed by atoms with van der Waals surface area (Å²) in [5, 5.41) is 4.22. The molecule has 10 aromatic rings. The van der Waals surface area contributed by atoms with Gasteiger partial charge >= 0.3 is 0 Å². The molecule has 0 N–H and O–H groups in total. The van der Waals surface area contributed by atoms with Gasteiger partial charge < -0.3 is 13.7 Å². The molecule has 3 heteroatoms. The summed E-state index contributed by atoms with van der Waals surface area (Å²) in [5.74, 6) is 0. The van der Waals surface area contributed by atoms with Crippen molar-refractivity contribution in [3.63, 3.8) is 0 Å². The molecule has 12 rings (SSSR count). The largest absolute Gasteiger partial charge is 0.456 e. The van der Waals surface area contributed by atoms with Crippen LogP contribution in [0.5, 0.6) is 0 Å². The maximum Gasteiger partial charge on any atom is 0.137 e. The second-order valence-corrected chi connectivity index (χ2v) is 16.9. The number of hydrogen-bond acceptors (Lipinski definition) is 3. The third-order valence-corrected chi connectivity index (χ3v) is 13.1. The van der Waals surface area contributed by atoms with Crippen LogP contribution in [0.1, 0.15) is 49.9 Å². The first-order chi connectivity index (χ1) is 27.8. The van der Waals surface area contributed by atoms with E-state index in [0.717, 1.165) is 66.5 Å². The summed E-state index contributed by atoms with van der Waals surface area (Å²) in [6.45, 7) is 9.42. The zero-order valence-electron chi connectivity index (χ0n) is 32.4. The van der Waals surface area contributed by atoms with E-state index in [1.165, 1.54) is 50.1 Å². The standard InChI is InChI=1S/C54H39NO2/c1-53(2)43-17-10-8-15-36(43)38-24-22-34(28-45(38)53)55(35-23-25-39-37-16-9-11-18-44(37)54(3,4)46(39)29-35)47-19-12-20-49-52(47)42-31-50-41(30-51(42)57-49)40-27-33(21-26-48(40)56-50)32-13-6-5-7-14-32/h5-31H,1-4H3. The predicted molar refractivity (Wildman–Crippen MR) is 236 cm³/mol. The Kier molecular flexibility index (Phi) is 6.46. The van der Waals surface area contributed by atoms with Gasteiger partial charge in [0.25, 0.3) is 0 Å². The molecular formula is C54H39NO2. The fourth-order valence-corrected chi connectivity index (χ4v) is 10.2. The van der Waals surface area contributed by atoms with Gasteiger partial charge in [0.15, 0.2) is 0 Å². The van der Waals surface area contributed by atoms with Gasteiger partial charge in [0.2, 0.25) is 0 Å². The van der Waals surface area contributed by atoms with Gasteiger partial charge in [0, 0.05) is 38.4 Å². The van der Waals surface area contributed by atoms with Crippen molar-refractivity contribution in [2.45, 2.75) is 38.5 Å². The van der Waals surface area contributed by atoms with Gasteiger partial charge in [-0.3, -0.25) is 0 Å². The highest BCUT2D eigenvalue weighted by atomic mass is 16.3. The number of nitrogens with zero attached hydrogens (tertiary/aromatic N) is 1. The van der Waals surface area contributed by atoms with Crippen molar-refractivity contribution in [2.24, 2.45) is 0 Å². The Balaban J connectivity index is 1.09. The van der Waals surface area contributed by atoms with Crippen LogP contribution in [0.3, 0.4) is 0 Å². The van der Waals surface area contributed by atoms with E-state index >= 15 is 0 Å². The highest BCUT2D eigenvalue weighted by Crippen LogP contribution is 2.54. The molecular weight excluding hydrogens is 695 g/mol. The second kappa shape index (κ2) is 11.4. The minimum Gasteiger partial charge on any atom is -0.456 e. The second-order valence-electron chi connectivity index (χ2n) is 16.9. The average molecular weight is 734 g/mol. The molecule has 0 fully saturated rings. The van der Waals surface area contributed by atoms with Crippen LogP contribution in [0.2, 0.25) is 0 Å². The quantitative estimate of drug-likeness (QED) is 0.180. The van der Waals surface area contributed by atoms with Crippen LogP contribution in [0, 0.1) is 0 Å². The summed E-state index contributed by atoms with van der Waals surface area (Å²) in [6.07, 6.45) is 0. The summed E-state index contributed by atoms with van der Waals surface area (Å²) in [7, 11) is 0. The zero-order chi connectivity index (χ0) is 38.2. The van der Waals surface area contributed by atoms with Gasteiger partial charge in [-0.15, -0.1) is 0 Å². The number of furan rings is 2. The normalized spacial score (nSPS) is 14.6. The maximum atomic E-state index is 6.79. The van der Waals surface area contributed by atoms with Gasteiger partial charge in [-0.25, -0.2) is 0 Å². The summed E-state index contributed by atoms with van der Waals surface area (Å²) >= 11 is 0. The molecule has 272 valence electrons. The van der Waals surface area contributed by atoms with Crippen LogP contribution in [0.15, 0.2) is 173 Å². The number of fused-ring (bicyclic) bond motifs is 12. The van der Waals surface area contributed by atoms with Crippen LogP contribution >= 0.6 is 0 Å². The summed E-state index contributed by atoms with van der Waals surface area (Å²) in [4.78, 5) is 2.45. The molecule has 8 aromatic carbocycles. The number of anilines is 3. The van der Waals surface area contributed by atoms with Crippen molar-refractivity contribution in [2.75, 3.05) is 4.90 Å². The van der Waals surface area contributed by atoms with Crippen molar-refractivity contribution in [1.29, 1.82) is 0 Å². The SMILES string of the molecule is CC1(C)c2ccccc2-c2ccc(N(c3ccc4c(c3)C(C)(C)c3ccccc3-4)c3cccc4oc5cc6c(cc5c34)oc3ccc(-c4ccccc4)cc36)cc21. The van der Waals surface area contributed by atoms with Gasteiger partial charge in [-0.2, -0.15) is 0 Å². The lowest BCUT2D eigenvalue weighted by molar-refractivity contribution is 0.660.